The van der Waals surface area contributed by atoms with E-state index in [9.17, 15) is 4.79 Å². The minimum atomic E-state index is -0.437. The van der Waals surface area contributed by atoms with Gasteiger partial charge in [-0.15, -0.1) is 0 Å². The van der Waals surface area contributed by atoms with Crippen LogP contribution >= 0.6 is 0 Å². The summed E-state index contributed by atoms with van der Waals surface area (Å²) in [5.41, 5.74) is 2.25. The molecule has 0 spiro atoms. The lowest BCUT2D eigenvalue weighted by atomic mass is 9.76. The molecular formula is C17H24BNO3. The predicted molar refractivity (Wildman–Crippen MR) is 88.5 cm³/mol. The lowest BCUT2D eigenvalue weighted by Crippen LogP contribution is -2.41. The number of aryl methyl sites for hydroxylation is 1. The number of carbonyl (C=O) groups excluding carboxylic acids is 1. The molecule has 4 nitrogen and oxygen atoms in total. The minimum absolute atomic E-state index is 0.182. The van der Waals surface area contributed by atoms with Gasteiger partial charge in [-0.2, -0.15) is 0 Å². The van der Waals surface area contributed by atoms with E-state index in [1.54, 1.807) is 0 Å². The van der Waals surface area contributed by atoms with Gasteiger partial charge in [-0.1, -0.05) is 17.7 Å². The van der Waals surface area contributed by atoms with Gasteiger partial charge >= 0.3 is 7.12 Å². The summed E-state index contributed by atoms with van der Waals surface area (Å²) in [4.78, 5) is 14.0. The molecule has 0 unspecified atom stereocenters. The van der Waals surface area contributed by atoms with Crippen molar-refractivity contribution in [3.8, 4) is 0 Å². The molecule has 2 aliphatic heterocycles. The Bertz CT molecular complexity index is 596. The van der Waals surface area contributed by atoms with E-state index in [1.165, 1.54) is 0 Å². The van der Waals surface area contributed by atoms with Crippen LogP contribution in [0.15, 0.2) is 18.2 Å². The Morgan fingerprint density at radius 3 is 2.32 bits per heavy atom. The second kappa shape index (κ2) is 5.10. The second-order valence-electron chi connectivity index (χ2n) is 7.30. The molecule has 0 aromatic heterocycles. The summed E-state index contributed by atoms with van der Waals surface area (Å²) in [5.74, 6) is 0.182. The number of anilines is 1. The maximum atomic E-state index is 12.1. The maximum Gasteiger partial charge on any atom is 0.496 e. The van der Waals surface area contributed by atoms with Crippen LogP contribution in [0.3, 0.4) is 0 Å². The van der Waals surface area contributed by atoms with Gasteiger partial charge in [0.05, 0.1) is 11.2 Å². The van der Waals surface area contributed by atoms with Crippen LogP contribution in [0.4, 0.5) is 5.69 Å². The second-order valence-corrected chi connectivity index (χ2v) is 7.30. The predicted octanol–water partition coefficient (Wildman–Crippen LogP) is 2.42. The molecule has 0 saturated carbocycles. The topological polar surface area (TPSA) is 38.8 Å². The Morgan fingerprint density at radius 1 is 1.14 bits per heavy atom. The zero-order valence-electron chi connectivity index (χ0n) is 14.1. The molecule has 5 heteroatoms. The van der Waals surface area contributed by atoms with E-state index in [0.717, 1.165) is 29.7 Å². The number of nitrogens with zero attached hydrogens (tertiary/aromatic N) is 1. The molecule has 1 amide bonds. The van der Waals surface area contributed by atoms with Gasteiger partial charge in [0.2, 0.25) is 5.91 Å². The van der Waals surface area contributed by atoms with Crippen molar-refractivity contribution >= 4 is 24.2 Å². The van der Waals surface area contributed by atoms with Gasteiger partial charge in [-0.05, 0) is 47.1 Å². The molecule has 1 aromatic carbocycles. The molecule has 118 valence electrons. The number of carbonyl (C=O) groups is 1. The van der Waals surface area contributed by atoms with Gasteiger partial charge in [0, 0.05) is 24.1 Å². The van der Waals surface area contributed by atoms with Crippen molar-refractivity contribution in [2.24, 2.45) is 0 Å². The highest BCUT2D eigenvalue weighted by Crippen LogP contribution is 2.37. The fourth-order valence-electron chi connectivity index (χ4n) is 2.98. The summed E-state index contributed by atoms with van der Waals surface area (Å²) < 4.78 is 12.4. The normalized spacial score (nSPS) is 23.4. The van der Waals surface area contributed by atoms with E-state index in [-0.39, 0.29) is 17.1 Å². The van der Waals surface area contributed by atoms with Crippen molar-refractivity contribution in [3.63, 3.8) is 0 Å². The van der Waals surface area contributed by atoms with Gasteiger partial charge < -0.3 is 14.2 Å². The van der Waals surface area contributed by atoms with Gasteiger partial charge in [0.25, 0.3) is 0 Å². The summed E-state index contributed by atoms with van der Waals surface area (Å²) in [7, 11) is -0.437. The van der Waals surface area contributed by atoms with E-state index in [1.807, 2.05) is 51.7 Å². The highest BCUT2D eigenvalue weighted by Gasteiger charge is 2.52. The molecule has 2 aliphatic rings. The van der Waals surface area contributed by atoms with E-state index < -0.39 is 7.12 Å². The Balaban J connectivity index is 2.00. The first-order chi connectivity index (χ1) is 10.2. The molecule has 2 saturated heterocycles. The average Bonchev–Trinajstić information content (AvgIpc) is 2.91. The molecular weight excluding hydrogens is 277 g/mol. The molecule has 0 aliphatic carbocycles. The summed E-state index contributed by atoms with van der Waals surface area (Å²) >= 11 is 0. The molecule has 2 fully saturated rings. The van der Waals surface area contributed by atoms with Crippen LogP contribution in [0.5, 0.6) is 0 Å². The first kappa shape index (κ1) is 15.6. The van der Waals surface area contributed by atoms with Crippen LogP contribution in [0, 0.1) is 6.92 Å². The minimum Gasteiger partial charge on any atom is -0.399 e. The Morgan fingerprint density at radius 2 is 1.77 bits per heavy atom. The third-order valence-electron chi connectivity index (χ3n) is 5.05. The van der Waals surface area contributed by atoms with Crippen molar-refractivity contribution in [1.82, 2.24) is 0 Å². The molecule has 22 heavy (non-hydrogen) atoms. The Labute approximate surface area is 132 Å². The average molecular weight is 301 g/mol. The third-order valence-corrected chi connectivity index (χ3v) is 5.05. The monoisotopic (exact) mass is 301 g/mol. The molecule has 2 heterocycles. The van der Waals surface area contributed by atoms with Crippen molar-refractivity contribution in [2.45, 2.75) is 58.7 Å². The van der Waals surface area contributed by atoms with Crippen LogP contribution < -0.4 is 10.4 Å². The molecule has 0 radical (unpaired) electrons. The van der Waals surface area contributed by atoms with Crippen LogP contribution in [0.2, 0.25) is 0 Å². The standard InChI is InChI=1S/C17H24BNO3/c1-12-8-9-14(19-10-6-7-15(19)20)13(11-12)18-21-16(2,3)17(4,5)22-18/h8-9,11H,6-7,10H2,1-5H3. The SMILES string of the molecule is Cc1ccc(N2CCCC2=O)c(B2OC(C)(C)C(C)(C)O2)c1. The quantitative estimate of drug-likeness (QED) is 0.788. The lowest BCUT2D eigenvalue weighted by molar-refractivity contribution is -0.117. The largest absolute Gasteiger partial charge is 0.496 e. The molecule has 0 bridgehead atoms. The van der Waals surface area contributed by atoms with Crippen LogP contribution in [0.25, 0.3) is 0 Å². The summed E-state index contributed by atoms with van der Waals surface area (Å²) in [6.07, 6.45) is 1.53. The molecule has 1 aromatic rings. The fraction of sp³-hybridized carbons (Fsp3) is 0.588. The number of amides is 1. The zero-order chi connectivity index (χ0) is 16.1. The first-order valence-corrected chi connectivity index (χ1v) is 7.98. The number of hydrogen-bond acceptors (Lipinski definition) is 3. The number of benzene rings is 1. The van der Waals surface area contributed by atoms with Gasteiger partial charge in [0.15, 0.2) is 0 Å². The number of hydrogen-bond donors (Lipinski definition) is 0. The van der Waals surface area contributed by atoms with Crippen LogP contribution in [-0.4, -0.2) is 30.8 Å². The van der Waals surface area contributed by atoms with Gasteiger partial charge in [-0.25, -0.2) is 0 Å². The molecule has 0 N–H and O–H groups in total. The van der Waals surface area contributed by atoms with Crippen molar-refractivity contribution in [3.05, 3.63) is 23.8 Å². The summed E-state index contributed by atoms with van der Waals surface area (Å²) in [6.45, 7) is 11.0. The van der Waals surface area contributed by atoms with E-state index in [0.29, 0.717) is 6.42 Å². The fourth-order valence-corrected chi connectivity index (χ4v) is 2.98. The van der Waals surface area contributed by atoms with Crippen molar-refractivity contribution < 1.29 is 14.1 Å². The molecule has 0 atom stereocenters. The third kappa shape index (κ3) is 2.46. The smallest absolute Gasteiger partial charge is 0.399 e. The Hall–Kier alpha value is -1.33. The van der Waals surface area contributed by atoms with Crippen molar-refractivity contribution in [1.29, 1.82) is 0 Å². The van der Waals surface area contributed by atoms with E-state index in [4.69, 9.17) is 9.31 Å². The van der Waals surface area contributed by atoms with Crippen LogP contribution in [0.1, 0.15) is 46.1 Å². The highest BCUT2D eigenvalue weighted by atomic mass is 16.7. The highest BCUT2D eigenvalue weighted by molar-refractivity contribution is 6.64. The van der Waals surface area contributed by atoms with E-state index >= 15 is 0 Å². The van der Waals surface area contributed by atoms with Gasteiger partial charge in [0.1, 0.15) is 0 Å². The summed E-state index contributed by atoms with van der Waals surface area (Å²) in [5, 5.41) is 0. The zero-order valence-corrected chi connectivity index (χ0v) is 14.1. The maximum absolute atomic E-state index is 12.1. The lowest BCUT2D eigenvalue weighted by Gasteiger charge is -2.32. The van der Waals surface area contributed by atoms with Crippen LogP contribution in [-0.2, 0) is 14.1 Å². The molecule has 3 rings (SSSR count). The number of rotatable bonds is 2. The Kier molecular flexibility index (Phi) is 3.61. The first-order valence-electron chi connectivity index (χ1n) is 7.98. The van der Waals surface area contributed by atoms with Gasteiger partial charge in [-0.3, -0.25) is 4.79 Å². The van der Waals surface area contributed by atoms with Crippen molar-refractivity contribution in [2.75, 3.05) is 11.4 Å². The summed E-state index contributed by atoms with van der Waals surface area (Å²) in [6, 6.07) is 6.12. The van der Waals surface area contributed by atoms with E-state index in [2.05, 4.69) is 6.07 Å².